The molecule has 2 N–H and O–H groups in total. The Bertz CT molecular complexity index is 254. The summed E-state index contributed by atoms with van der Waals surface area (Å²) in [4.78, 5) is 4.33. The average Bonchev–Trinajstić information content (AvgIpc) is 2.08. The minimum absolute atomic E-state index is 0.480. The van der Waals surface area contributed by atoms with E-state index < -0.39 is 10.2 Å². The Balaban J connectivity index is 0.000000336. The van der Waals surface area contributed by atoms with Crippen LogP contribution >= 0.6 is 0 Å². The molecule has 7 heteroatoms. The zero-order chi connectivity index (χ0) is 12.1. The van der Waals surface area contributed by atoms with E-state index in [2.05, 4.69) is 30.2 Å². The molecular weight excluding hydrogens is 224 g/mol. The van der Waals surface area contributed by atoms with Crippen LogP contribution in [0.5, 0.6) is 0 Å². The molecule has 0 aliphatic carbocycles. The van der Waals surface area contributed by atoms with Crippen molar-refractivity contribution in [1.29, 1.82) is 0 Å². The predicted molar refractivity (Wildman–Crippen MR) is 46.5 cm³/mol. The fourth-order valence-corrected chi connectivity index (χ4v) is 1.12. The number of rotatable bonds is 0. The Morgan fingerprint density at radius 2 is 1.93 bits per heavy atom. The third-order valence-electron chi connectivity index (χ3n) is 1.51. The number of hydrogen-bond acceptors (Lipinski definition) is 6. The largest absolute Gasteiger partial charge is 0.384 e. The van der Waals surface area contributed by atoms with Crippen LogP contribution in [-0.4, -0.2) is 23.0 Å². The van der Waals surface area contributed by atoms with Crippen LogP contribution in [0.2, 0.25) is 0 Å². The normalized spacial score (nSPS) is 21.4. The van der Waals surface area contributed by atoms with Crippen LogP contribution in [0.25, 0.3) is 0 Å². The van der Waals surface area contributed by atoms with Gasteiger partial charge in [0.25, 0.3) is 0 Å². The first-order chi connectivity index (χ1) is 6.68. The minimum Gasteiger partial charge on any atom is -0.384 e. The van der Waals surface area contributed by atoms with Crippen molar-refractivity contribution in [3.05, 3.63) is 11.8 Å². The monoisotopic (exact) mass is 238 g/mol. The van der Waals surface area contributed by atoms with Gasteiger partial charge in [0.1, 0.15) is 0 Å². The van der Waals surface area contributed by atoms with Gasteiger partial charge in [0.2, 0.25) is 0 Å². The van der Waals surface area contributed by atoms with Crippen LogP contribution in [0.1, 0.15) is 20.8 Å². The Morgan fingerprint density at radius 1 is 1.47 bits per heavy atom. The zero-order valence-corrected chi connectivity index (χ0v) is 9.61. The summed E-state index contributed by atoms with van der Waals surface area (Å²) in [6.07, 6.45) is 2.07. The number of halogens is 1. The van der Waals surface area contributed by atoms with Gasteiger partial charge in [0.15, 0.2) is 0 Å². The number of aliphatic imine (C=N–C) groups is 1. The number of nitrogens with zero attached hydrogens (tertiary/aromatic N) is 1. The SMILES string of the molecule is CC1=CC(C)=NCC(C)N1.[O-][Cl+3]([O-])([O-])O. The summed E-state index contributed by atoms with van der Waals surface area (Å²) in [6, 6.07) is 0.480. The van der Waals surface area contributed by atoms with E-state index in [0.29, 0.717) is 6.04 Å². The highest BCUT2D eigenvalue weighted by atomic mass is 35.7. The van der Waals surface area contributed by atoms with Gasteiger partial charge in [0, 0.05) is 17.5 Å². The molecule has 0 aromatic carbocycles. The highest BCUT2D eigenvalue weighted by molar-refractivity contribution is 5.93. The van der Waals surface area contributed by atoms with Crippen LogP contribution in [0.4, 0.5) is 0 Å². The van der Waals surface area contributed by atoms with Crippen LogP contribution in [0.15, 0.2) is 16.8 Å². The van der Waals surface area contributed by atoms with E-state index in [-0.39, 0.29) is 0 Å². The zero-order valence-electron chi connectivity index (χ0n) is 8.86. The lowest BCUT2D eigenvalue weighted by Crippen LogP contribution is -2.58. The van der Waals surface area contributed by atoms with E-state index in [1.165, 1.54) is 5.70 Å². The van der Waals surface area contributed by atoms with Crippen LogP contribution < -0.4 is 19.3 Å². The molecular formula is C8H15ClN2O4. The van der Waals surface area contributed by atoms with Crippen molar-refractivity contribution >= 4 is 5.71 Å². The molecule has 1 aliphatic heterocycles. The van der Waals surface area contributed by atoms with Crippen molar-refractivity contribution in [3.63, 3.8) is 0 Å². The highest BCUT2D eigenvalue weighted by Gasteiger charge is 2.03. The minimum atomic E-state index is -4.69. The molecule has 0 radical (unpaired) electrons. The van der Waals surface area contributed by atoms with Crippen LogP contribution in [0.3, 0.4) is 0 Å². The molecule has 0 spiro atoms. The number of hydrogen-bond donors (Lipinski definition) is 2. The predicted octanol–water partition coefficient (Wildman–Crippen LogP) is -2.78. The van der Waals surface area contributed by atoms with Gasteiger partial charge in [-0.3, -0.25) is 4.99 Å². The molecule has 1 aliphatic rings. The van der Waals surface area contributed by atoms with Gasteiger partial charge in [-0.15, -0.1) is 0 Å². The lowest BCUT2D eigenvalue weighted by Gasteiger charge is -2.09. The van der Waals surface area contributed by atoms with Gasteiger partial charge >= 0.3 is 0 Å². The molecule has 0 fully saturated rings. The van der Waals surface area contributed by atoms with Gasteiger partial charge in [0.05, 0.1) is 21.4 Å². The fourth-order valence-electron chi connectivity index (χ4n) is 1.12. The average molecular weight is 239 g/mol. The van der Waals surface area contributed by atoms with Gasteiger partial charge in [-0.25, -0.2) is 0 Å². The van der Waals surface area contributed by atoms with Gasteiger partial charge in [-0.05, 0) is 26.8 Å². The van der Waals surface area contributed by atoms with E-state index in [1.54, 1.807) is 0 Å². The fraction of sp³-hybridized carbons (Fsp3) is 0.625. The van der Waals surface area contributed by atoms with Crippen molar-refractivity contribution in [2.24, 2.45) is 4.99 Å². The molecule has 6 nitrogen and oxygen atoms in total. The van der Waals surface area contributed by atoms with E-state index in [0.717, 1.165) is 12.3 Å². The maximum absolute atomic E-state index is 8.60. The molecule has 88 valence electrons. The Hall–Kier alpha value is -0.660. The lowest BCUT2D eigenvalue weighted by molar-refractivity contribution is -1.92. The Kier molecular flexibility index (Phi) is 5.77. The molecule has 0 saturated heterocycles. The molecule has 1 unspecified atom stereocenters. The second-order valence-electron chi connectivity index (χ2n) is 3.25. The standard InChI is InChI=1S/C8H14N2.ClHO4/c1-6-4-7(2)10-8(3)5-9-6;2-1(3,4)5/h4,8,10H,5H2,1-3H3;(H,2,3,4,5). The van der Waals surface area contributed by atoms with Crippen molar-refractivity contribution in [3.8, 4) is 0 Å². The van der Waals surface area contributed by atoms with E-state index in [4.69, 9.17) is 18.6 Å². The summed E-state index contributed by atoms with van der Waals surface area (Å²) in [5.41, 5.74) is 2.33. The van der Waals surface area contributed by atoms with Gasteiger partial charge < -0.3 is 5.32 Å². The molecule has 15 heavy (non-hydrogen) atoms. The van der Waals surface area contributed by atoms with Crippen molar-refractivity contribution < 1.29 is 28.9 Å². The smallest absolute Gasteiger partial charge is 0.0777 e. The van der Waals surface area contributed by atoms with Crippen LogP contribution in [0, 0.1) is 10.2 Å². The van der Waals surface area contributed by atoms with Gasteiger partial charge in [-0.2, -0.15) is 14.0 Å². The summed E-state index contributed by atoms with van der Waals surface area (Å²) < 4.78 is 32.7. The summed E-state index contributed by atoms with van der Waals surface area (Å²) in [7, 11) is -4.69. The van der Waals surface area contributed by atoms with E-state index in [9.17, 15) is 0 Å². The summed E-state index contributed by atoms with van der Waals surface area (Å²) in [5, 5.41) is 3.32. The van der Waals surface area contributed by atoms with Crippen molar-refractivity contribution in [2.45, 2.75) is 26.8 Å². The highest BCUT2D eigenvalue weighted by Crippen LogP contribution is 1.98. The molecule has 0 amide bonds. The maximum Gasteiger partial charge on any atom is 0.0777 e. The third kappa shape index (κ3) is 11.3. The first-order valence-electron chi connectivity index (χ1n) is 4.27. The van der Waals surface area contributed by atoms with Crippen LogP contribution in [-0.2, 0) is 0 Å². The molecule has 0 aromatic rings. The maximum atomic E-state index is 8.60. The second-order valence-corrected chi connectivity index (χ2v) is 4.04. The lowest BCUT2D eigenvalue weighted by atomic mass is 10.3. The van der Waals surface area contributed by atoms with Crippen molar-refractivity contribution in [1.82, 2.24) is 5.32 Å². The third-order valence-corrected chi connectivity index (χ3v) is 1.51. The molecule has 1 rings (SSSR count). The second kappa shape index (κ2) is 6.04. The number of allylic oxidation sites excluding steroid dienone is 2. The summed E-state index contributed by atoms with van der Waals surface area (Å²) in [6.45, 7) is 7.13. The molecule has 0 bridgehead atoms. The first-order valence-corrected chi connectivity index (χ1v) is 5.54. The first kappa shape index (κ1) is 14.3. The van der Waals surface area contributed by atoms with Gasteiger partial charge in [-0.1, -0.05) is 0 Å². The summed E-state index contributed by atoms with van der Waals surface area (Å²) >= 11 is 0. The van der Waals surface area contributed by atoms with E-state index >= 15 is 0 Å². The van der Waals surface area contributed by atoms with Crippen molar-refractivity contribution in [2.75, 3.05) is 6.54 Å². The molecule has 0 aromatic heterocycles. The van der Waals surface area contributed by atoms with E-state index in [1.807, 2.05) is 6.92 Å². The summed E-state index contributed by atoms with van der Waals surface area (Å²) in [5.74, 6) is 0. The quantitative estimate of drug-likeness (QED) is 0.474. The number of nitrogens with one attached hydrogen (secondary N) is 1. The Labute approximate surface area is 90.7 Å². The molecule has 1 atom stereocenters. The Morgan fingerprint density at radius 3 is 2.40 bits per heavy atom. The molecule has 0 saturated carbocycles. The molecule has 1 heterocycles. The topological polar surface area (TPSA) is 114 Å².